The van der Waals surface area contributed by atoms with Gasteiger partial charge in [0.25, 0.3) is 0 Å². The normalized spacial score (nSPS) is 12.1. The standard InChI is InChI=1S/C12H11BrF6N2OS/c13-10(20)7-3-1-4-8(22-23-12(17,18)19)9(7)21-6-2-5-11(14,15)16/h1,3-4,20-21H,2,5-6H2. The van der Waals surface area contributed by atoms with Crippen molar-refractivity contribution in [1.82, 2.24) is 0 Å². The van der Waals surface area contributed by atoms with Gasteiger partial charge in [0.2, 0.25) is 0 Å². The van der Waals surface area contributed by atoms with Crippen LogP contribution in [0.25, 0.3) is 0 Å². The summed E-state index contributed by atoms with van der Waals surface area (Å²) in [6, 6.07) is 4.02. The van der Waals surface area contributed by atoms with Gasteiger partial charge in [-0.3, -0.25) is 5.41 Å². The van der Waals surface area contributed by atoms with Crippen molar-refractivity contribution in [3.8, 4) is 5.75 Å². The monoisotopic (exact) mass is 424 g/mol. The quantitative estimate of drug-likeness (QED) is 0.255. The average Bonchev–Trinajstić information content (AvgIpc) is 2.39. The molecule has 0 atom stereocenters. The highest BCUT2D eigenvalue weighted by Gasteiger charge is 2.32. The molecule has 0 aliphatic heterocycles. The third kappa shape index (κ3) is 7.82. The number of rotatable bonds is 7. The maximum absolute atomic E-state index is 12.2. The van der Waals surface area contributed by atoms with E-state index in [9.17, 15) is 26.3 Å². The first-order chi connectivity index (χ1) is 10.5. The van der Waals surface area contributed by atoms with E-state index in [0.29, 0.717) is 0 Å². The molecule has 1 rings (SSSR count). The molecule has 0 unspecified atom stereocenters. The van der Waals surface area contributed by atoms with Crippen LogP contribution >= 0.6 is 28.0 Å². The number of para-hydroxylation sites is 1. The molecule has 3 nitrogen and oxygen atoms in total. The van der Waals surface area contributed by atoms with Crippen molar-refractivity contribution in [1.29, 1.82) is 5.41 Å². The molecule has 0 amide bonds. The Kier molecular flexibility index (Phi) is 7.05. The smallest absolute Gasteiger partial charge is 0.415 e. The Morgan fingerprint density at radius 2 is 1.87 bits per heavy atom. The van der Waals surface area contributed by atoms with Crippen molar-refractivity contribution >= 4 is 38.3 Å². The number of anilines is 1. The van der Waals surface area contributed by atoms with Gasteiger partial charge in [-0.2, -0.15) is 26.3 Å². The SMILES string of the molecule is N=C(Br)c1cccc(OSC(F)(F)F)c1NCCCC(F)(F)F. The highest BCUT2D eigenvalue weighted by atomic mass is 79.9. The molecule has 0 saturated heterocycles. The minimum absolute atomic E-state index is 0.0216. The summed E-state index contributed by atoms with van der Waals surface area (Å²) in [4.78, 5) is 0. The van der Waals surface area contributed by atoms with E-state index < -0.39 is 30.1 Å². The maximum atomic E-state index is 12.2. The summed E-state index contributed by atoms with van der Waals surface area (Å²) < 4.78 is 77.4. The second kappa shape index (κ2) is 8.13. The van der Waals surface area contributed by atoms with Crippen molar-refractivity contribution in [3.63, 3.8) is 0 Å². The van der Waals surface area contributed by atoms with Gasteiger partial charge in [-0.05, 0) is 34.5 Å². The predicted octanol–water partition coefficient (Wildman–Crippen LogP) is 5.71. The number of halogens is 7. The minimum atomic E-state index is -4.63. The number of nitrogens with one attached hydrogen (secondary N) is 2. The van der Waals surface area contributed by atoms with Gasteiger partial charge in [-0.1, -0.05) is 6.07 Å². The van der Waals surface area contributed by atoms with Crippen LogP contribution in [0.1, 0.15) is 18.4 Å². The summed E-state index contributed by atoms with van der Waals surface area (Å²) in [6.07, 6.45) is -5.60. The Hall–Kier alpha value is -1.10. The van der Waals surface area contributed by atoms with Crippen molar-refractivity contribution in [2.24, 2.45) is 0 Å². The van der Waals surface area contributed by atoms with E-state index in [2.05, 4.69) is 25.4 Å². The van der Waals surface area contributed by atoms with Crippen LogP contribution in [0.5, 0.6) is 5.75 Å². The van der Waals surface area contributed by atoms with Crippen LogP contribution in [-0.2, 0) is 0 Å². The van der Waals surface area contributed by atoms with Gasteiger partial charge in [0.1, 0.15) is 4.62 Å². The lowest BCUT2D eigenvalue weighted by molar-refractivity contribution is -0.134. The zero-order valence-electron chi connectivity index (χ0n) is 11.3. The minimum Gasteiger partial charge on any atom is -0.415 e. The highest BCUT2D eigenvalue weighted by molar-refractivity contribution is 9.18. The first-order valence-electron chi connectivity index (χ1n) is 6.10. The largest absolute Gasteiger partial charge is 0.479 e. The third-order valence-electron chi connectivity index (χ3n) is 2.43. The zero-order chi connectivity index (χ0) is 17.7. The van der Waals surface area contributed by atoms with Crippen LogP contribution in [0.2, 0.25) is 0 Å². The van der Waals surface area contributed by atoms with Gasteiger partial charge in [0.15, 0.2) is 17.8 Å². The summed E-state index contributed by atoms with van der Waals surface area (Å²) in [7, 11) is 0. The van der Waals surface area contributed by atoms with Crippen LogP contribution in [0.15, 0.2) is 18.2 Å². The van der Waals surface area contributed by atoms with Gasteiger partial charge in [0.05, 0.1) is 5.69 Å². The number of hydrogen-bond acceptors (Lipinski definition) is 4. The summed E-state index contributed by atoms with van der Waals surface area (Å²) >= 11 is 2.14. The van der Waals surface area contributed by atoms with Crippen molar-refractivity contribution < 1.29 is 30.5 Å². The molecular weight excluding hydrogens is 414 g/mol. The predicted molar refractivity (Wildman–Crippen MR) is 80.3 cm³/mol. The molecule has 0 fully saturated rings. The van der Waals surface area contributed by atoms with Crippen molar-refractivity contribution in [3.05, 3.63) is 23.8 Å². The molecule has 23 heavy (non-hydrogen) atoms. The topological polar surface area (TPSA) is 45.1 Å². The Morgan fingerprint density at radius 3 is 2.39 bits per heavy atom. The first kappa shape index (κ1) is 19.9. The van der Waals surface area contributed by atoms with Crippen LogP contribution in [-0.4, -0.2) is 22.9 Å². The Balaban J connectivity index is 2.85. The van der Waals surface area contributed by atoms with E-state index in [0.717, 1.165) is 0 Å². The van der Waals surface area contributed by atoms with Crippen LogP contribution in [0.4, 0.5) is 32.0 Å². The molecular formula is C12H11BrF6N2OS. The molecule has 0 aliphatic carbocycles. The fourth-order valence-electron chi connectivity index (χ4n) is 1.56. The van der Waals surface area contributed by atoms with Crippen LogP contribution < -0.4 is 9.50 Å². The highest BCUT2D eigenvalue weighted by Crippen LogP contribution is 2.37. The molecule has 0 saturated carbocycles. The Morgan fingerprint density at radius 1 is 1.22 bits per heavy atom. The summed E-state index contributed by atoms with van der Waals surface area (Å²) in [5.41, 5.74) is -4.43. The number of hydrogen-bond donors (Lipinski definition) is 2. The number of benzene rings is 1. The molecule has 1 aromatic rings. The Bertz CT molecular complexity index is 549. The lowest BCUT2D eigenvalue weighted by atomic mass is 10.1. The maximum Gasteiger partial charge on any atom is 0.479 e. The summed E-state index contributed by atoms with van der Waals surface area (Å²) in [5, 5.41) is 10.1. The van der Waals surface area contributed by atoms with Gasteiger partial charge in [-0.15, -0.1) is 0 Å². The van der Waals surface area contributed by atoms with Crippen LogP contribution in [0, 0.1) is 5.41 Å². The van der Waals surface area contributed by atoms with Gasteiger partial charge >= 0.3 is 11.7 Å². The van der Waals surface area contributed by atoms with E-state index in [-0.39, 0.29) is 34.6 Å². The molecule has 0 aromatic heterocycles. The molecule has 0 spiro atoms. The second-order valence-electron chi connectivity index (χ2n) is 4.25. The van der Waals surface area contributed by atoms with Crippen molar-refractivity contribution in [2.45, 2.75) is 24.5 Å². The molecule has 11 heteroatoms. The average molecular weight is 425 g/mol. The van der Waals surface area contributed by atoms with E-state index in [1.165, 1.54) is 18.2 Å². The number of alkyl halides is 6. The molecule has 0 aliphatic rings. The molecule has 130 valence electrons. The van der Waals surface area contributed by atoms with E-state index in [4.69, 9.17) is 5.41 Å². The summed E-state index contributed by atoms with van der Waals surface area (Å²) in [5.74, 6) is -0.221. The lowest BCUT2D eigenvalue weighted by Crippen LogP contribution is -2.13. The molecule has 2 N–H and O–H groups in total. The van der Waals surface area contributed by atoms with E-state index >= 15 is 0 Å². The van der Waals surface area contributed by atoms with Crippen molar-refractivity contribution in [2.75, 3.05) is 11.9 Å². The van der Waals surface area contributed by atoms with Gasteiger partial charge in [-0.25, -0.2) is 0 Å². The lowest BCUT2D eigenvalue weighted by Gasteiger charge is -2.16. The zero-order valence-corrected chi connectivity index (χ0v) is 13.7. The molecule has 1 aromatic carbocycles. The van der Waals surface area contributed by atoms with Gasteiger partial charge < -0.3 is 9.50 Å². The summed E-state index contributed by atoms with van der Waals surface area (Å²) in [6.45, 7) is -0.135. The molecule has 0 bridgehead atoms. The second-order valence-corrected chi connectivity index (χ2v) is 5.84. The van der Waals surface area contributed by atoms with Gasteiger partial charge in [0, 0.05) is 18.5 Å². The van der Waals surface area contributed by atoms with Crippen LogP contribution in [0.3, 0.4) is 0 Å². The molecule has 0 radical (unpaired) electrons. The van der Waals surface area contributed by atoms with E-state index in [1.54, 1.807) is 0 Å². The Labute approximate surface area is 140 Å². The fourth-order valence-corrected chi connectivity index (χ4v) is 2.21. The third-order valence-corrected chi connectivity index (χ3v) is 3.31. The fraction of sp³-hybridized carbons (Fsp3) is 0.417. The molecule has 0 heterocycles. The van der Waals surface area contributed by atoms with E-state index in [1.807, 2.05) is 0 Å². The first-order valence-corrected chi connectivity index (χ1v) is 7.63.